The Kier molecular flexibility index (Phi) is 7.01. The van der Waals surface area contributed by atoms with Gasteiger partial charge in [0.05, 0.1) is 18.0 Å². The molecule has 0 aromatic heterocycles. The van der Waals surface area contributed by atoms with Gasteiger partial charge in [-0.2, -0.15) is 0 Å². The number of benzene rings is 2. The molecule has 2 aromatic rings. The van der Waals surface area contributed by atoms with Crippen LogP contribution < -0.4 is 9.62 Å². The molecule has 0 aliphatic carbocycles. The second kappa shape index (κ2) is 8.76. The van der Waals surface area contributed by atoms with Crippen molar-refractivity contribution in [1.29, 1.82) is 0 Å². The molecule has 0 radical (unpaired) electrons. The van der Waals surface area contributed by atoms with E-state index in [-0.39, 0.29) is 23.9 Å². The predicted molar refractivity (Wildman–Crippen MR) is 120 cm³/mol. The molecule has 29 heavy (non-hydrogen) atoms. The standard InChI is InChI=1S/C22H29ClN2O3S/c1-15-7-12-19(23)13-20(15)25(29(6,27)28)14-21(26)24-16(2)17-8-10-18(11-9-17)22(3,4)5/h7-13,16H,14H2,1-6H3,(H,24,26)/t16-/m1/s1. The monoisotopic (exact) mass is 436 g/mol. The van der Waals surface area contributed by atoms with Gasteiger partial charge in [0.1, 0.15) is 6.54 Å². The van der Waals surface area contributed by atoms with Crippen LogP contribution in [0, 0.1) is 6.92 Å². The van der Waals surface area contributed by atoms with Crippen LogP contribution in [-0.2, 0) is 20.2 Å². The molecule has 1 atom stereocenters. The average molecular weight is 437 g/mol. The van der Waals surface area contributed by atoms with Crippen LogP contribution in [0.2, 0.25) is 5.02 Å². The Morgan fingerprint density at radius 2 is 1.72 bits per heavy atom. The van der Waals surface area contributed by atoms with Crippen molar-refractivity contribution in [2.45, 2.75) is 46.1 Å². The van der Waals surface area contributed by atoms with E-state index >= 15 is 0 Å². The maximum atomic E-state index is 12.6. The van der Waals surface area contributed by atoms with E-state index in [4.69, 9.17) is 11.6 Å². The molecule has 7 heteroatoms. The second-order valence-electron chi connectivity index (χ2n) is 8.36. The summed E-state index contributed by atoms with van der Waals surface area (Å²) in [5.74, 6) is -0.387. The molecule has 5 nitrogen and oxygen atoms in total. The molecule has 158 valence electrons. The lowest BCUT2D eigenvalue weighted by molar-refractivity contribution is -0.120. The third kappa shape index (κ3) is 6.21. The average Bonchev–Trinajstić information content (AvgIpc) is 2.60. The summed E-state index contributed by atoms with van der Waals surface area (Å²) in [6.07, 6.45) is 1.08. The molecule has 0 heterocycles. The normalized spacial score (nSPS) is 13.1. The van der Waals surface area contributed by atoms with Gasteiger partial charge in [-0.25, -0.2) is 8.42 Å². The number of carbonyl (C=O) groups excluding carboxylic acids is 1. The largest absolute Gasteiger partial charge is 0.348 e. The molecule has 1 N–H and O–H groups in total. The van der Waals surface area contributed by atoms with Gasteiger partial charge in [-0.05, 0) is 48.1 Å². The number of carbonyl (C=O) groups is 1. The Morgan fingerprint density at radius 1 is 1.14 bits per heavy atom. The quantitative estimate of drug-likeness (QED) is 0.720. The van der Waals surface area contributed by atoms with Gasteiger partial charge in [-0.3, -0.25) is 9.10 Å². The highest BCUT2D eigenvalue weighted by Gasteiger charge is 2.23. The van der Waals surface area contributed by atoms with E-state index in [9.17, 15) is 13.2 Å². The van der Waals surface area contributed by atoms with E-state index in [0.29, 0.717) is 10.7 Å². The van der Waals surface area contributed by atoms with Crippen LogP contribution in [0.4, 0.5) is 5.69 Å². The number of hydrogen-bond donors (Lipinski definition) is 1. The van der Waals surface area contributed by atoms with Crippen LogP contribution in [0.15, 0.2) is 42.5 Å². The lowest BCUT2D eigenvalue weighted by Gasteiger charge is -2.25. The summed E-state index contributed by atoms with van der Waals surface area (Å²) in [5, 5.41) is 3.29. The summed E-state index contributed by atoms with van der Waals surface area (Å²) in [7, 11) is -3.66. The maximum Gasteiger partial charge on any atom is 0.241 e. The highest BCUT2D eigenvalue weighted by molar-refractivity contribution is 7.92. The minimum absolute atomic E-state index is 0.0514. The molecule has 1 amide bonds. The van der Waals surface area contributed by atoms with Crippen LogP contribution in [0.5, 0.6) is 0 Å². The highest BCUT2D eigenvalue weighted by atomic mass is 35.5. The Hall–Kier alpha value is -2.05. The number of halogens is 1. The topological polar surface area (TPSA) is 66.5 Å². The first kappa shape index (κ1) is 23.2. The van der Waals surface area contributed by atoms with Crippen LogP contribution in [-0.4, -0.2) is 27.1 Å². The smallest absolute Gasteiger partial charge is 0.241 e. The molecule has 0 unspecified atom stereocenters. The summed E-state index contributed by atoms with van der Waals surface area (Å²) >= 11 is 6.03. The minimum Gasteiger partial charge on any atom is -0.348 e. The molecule has 2 aromatic carbocycles. The van der Waals surface area contributed by atoms with E-state index in [1.54, 1.807) is 25.1 Å². The van der Waals surface area contributed by atoms with E-state index < -0.39 is 10.0 Å². The summed E-state index contributed by atoms with van der Waals surface area (Å²) in [5.41, 5.74) is 3.34. The third-order valence-electron chi connectivity index (χ3n) is 4.78. The fraction of sp³-hybridized carbons (Fsp3) is 0.409. The van der Waals surface area contributed by atoms with Crippen molar-refractivity contribution in [2.24, 2.45) is 0 Å². The van der Waals surface area contributed by atoms with Crippen LogP contribution in [0.1, 0.15) is 50.4 Å². The first-order valence-electron chi connectivity index (χ1n) is 9.42. The second-order valence-corrected chi connectivity index (χ2v) is 10.7. The van der Waals surface area contributed by atoms with Gasteiger partial charge in [0.25, 0.3) is 0 Å². The van der Waals surface area contributed by atoms with Crippen LogP contribution in [0.3, 0.4) is 0 Å². The fourth-order valence-electron chi connectivity index (χ4n) is 3.00. The number of rotatable bonds is 6. The van der Waals surface area contributed by atoms with Gasteiger partial charge in [0.15, 0.2) is 0 Å². The van der Waals surface area contributed by atoms with Crippen LogP contribution >= 0.6 is 11.6 Å². The predicted octanol–water partition coefficient (Wildman–Crippen LogP) is 4.59. The van der Waals surface area contributed by atoms with Gasteiger partial charge >= 0.3 is 0 Å². The fourth-order valence-corrected chi connectivity index (χ4v) is 4.08. The summed E-state index contributed by atoms with van der Waals surface area (Å²) in [6, 6.07) is 12.8. The molecule has 0 aliphatic rings. The Labute approximate surface area is 179 Å². The SMILES string of the molecule is Cc1ccc(Cl)cc1N(CC(=O)N[C@H](C)c1ccc(C(C)(C)C)cc1)S(C)(=O)=O. The number of nitrogens with zero attached hydrogens (tertiary/aromatic N) is 1. The van der Waals surface area contributed by atoms with Crippen molar-refractivity contribution in [3.63, 3.8) is 0 Å². The van der Waals surface area contributed by atoms with Gasteiger partial charge in [0.2, 0.25) is 15.9 Å². The van der Waals surface area contributed by atoms with Gasteiger partial charge in [0, 0.05) is 5.02 Å². The first-order chi connectivity index (χ1) is 13.3. The van der Waals surface area contributed by atoms with Crippen molar-refractivity contribution in [3.05, 3.63) is 64.2 Å². The molecule has 0 fully saturated rings. The molecule has 0 saturated carbocycles. The molecular formula is C22H29ClN2O3S. The molecular weight excluding hydrogens is 408 g/mol. The lowest BCUT2D eigenvalue weighted by atomic mass is 9.86. The minimum atomic E-state index is -3.66. The van der Waals surface area contributed by atoms with Crippen molar-refractivity contribution < 1.29 is 13.2 Å². The zero-order valence-corrected chi connectivity index (χ0v) is 19.4. The van der Waals surface area contributed by atoms with E-state index in [2.05, 4.69) is 38.2 Å². The lowest BCUT2D eigenvalue weighted by Crippen LogP contribution is -2.41. The van der Waals surface area contributed by atoms with Crippen molar-refractivity contribution in [3.8, 4) is 0 Å². The Bertz CT molecular complexity index is 980. The van der Waals surface area contributed by atoms with Gasteiger partial charge < -0.3 is 5.32 Å². The Balaban J connectivity index is 2.17. The van der Waals surface area contributed by atoms with Gasteiger partial charge in [-0.1, -0.05) is 62.7 Å². The van der Waals surface area contributed by atoms with E-state index in [0.717, 1.165) is 21.7 Å². The zero-order valence-electron chi connectivity index (χ0n) is 17.8. The molecule has 0 spiro atoms. The number of sulfonamides is 1. The maximum absolute atomic E-state index is 12.6. The zero-order chi connectivity index (χ0) is 22.0. The summed E-state index contributed by atoms with van der Waals surface area (Å²) < 4.78 is 25.7. The van der Waals surface area contributed by atoms with Crippen LogP contribution in [0.25, 0.3) is 0 Å². The number of hydrogen-bond acceptors (Lipinski definition) is 3. The van der Waals surface area contributed by atoms with E-state index in [1.807, 2.05) is 19.1 Å². The molecule has 2 rings (SSSR count). The molecule has 0 aliphatic heterocycles. The Morgan fingerprint density at radius 3 is 2.24 bits per heavy atom. The van der Waals surface area contributed by atoms with Gasteiger partial charge in [-0.15, -0.1) is 0 Å². The summed E-state index contributed by atoms with van der Waals surface area (Å²) in [6.45, 7) is 9.77. The number of anilines is 1. The summed E-state index contributed by atoms with van der Waals surface area (Å²) in [4.78, 5) is 12.6. The molecule has 0 saturated heterocycles. The number of aryl methyl sites for hydroxylation is 1. The number of nitrogens with one attached hydrogen (secondary N) is 1. The highest BCUT2D eigenvalue weighted by Crippen LogP contribution is 2.27. The number of amides is 1. The first-order valence-corrected chi connectivity index (χ1v) is 11.7. The van der Waals surface area contributed by atoms with Crippen molar-refractivity contribution >= 4 is 33.2 Å². The molecule has 0 bridgehead atoms. The van der Waals surface area contributed by atoms with Crippen molar-refractivity contribution in [2.75, 3.05) is 17.1 Å². The van der Waals surface area contributed by atoms with E-state index in [1.165, 1.54) is 5.56 Å². The third-order valence-corrected chi connectivity index (χ3v) is 6.14. The van der Waals surface area contributed by atoms with Crippen molar-refractivity contribution in [1.82, 2.24) is 5.32 Å².